The first-order chi connectivity index (χ1) is 30.2. The molecule has 0 spiro atoms. The van der Waals surface area contributed by atoms with Crippen molar-refractivity contribution >= 4 is 23.2 Å². The summed E-state index contributed by atoms with van der Waals surface area (Å²) in [4.78, 5) is 39.2. The van der Waals surface area contributed by atoms with Gasteiger partial charge in [0.15, 0.2) is 11.8 Å². The van der Waals surface area contributed by atoms with E-state index in [1.54, 1.807) is 0 Å². The van der Waals surface area contributed by atoms with E-state index in [1.165, 1.54) is 24.0 Å². The quantitative estimate of drug-likeness (QED) is 0.133. The minimum atomic E-state index is -0.329. The van der Waals surface area contributed by atoms with Crippen LogP contribution in [0, 0.1) is 0 Å². The maximum Gasteiger partial charge on any atom is 0.280 e. The molecule has 2 amide bonds. The Balaban J connectivity index is 0.000000485. The van der Waals surface area contributed by atoms with Crippen molar-refractivity contribution in [2.24, 2.45) is 9.98 Å². The van der Waals surface area contributed by atoms with E-state index in [-0.39, 0.29) is 23.6 Å². The molecule has 0 bridgehead atoms. The molecule has 8 heteroatoms. The monoisotopic (exact) mass is 841 g/mol. The molecule has 8 rings (SSSR count). The standard InChI is InChI=1S/C22H20N2O2.C18H12N2O2.2C3H8.4C2H6/c1-3-13-5-9-15(10-6-13)19-17-18(22(26)23-19)20(24-21(17)25)16-11-7-14(4-2)8-12-16;21-17-13-14(16(20-17)12-9-5-2-6-10-12)18(22)19-15(13)11-7-3-1-4-8-11;2*1-3-2;4*1-2/h5-12,23,26H,3-4H2,1-2H3;1-10,19,22H;2*3H2,1-2H3;4*1-2H3. The van der Waals surface area contributed by atoms with Gasteiger partial charge in [-0.15, -0.1) is 0 Å². The number of rotatable bonds is 6. The number of aromatic nitrogens is 2. The van der Waals surface area contributed by atoms with Crippen LogP contribution in [0.5, 0.6) is 11.8 Å². The summed E-state index contributed by atoms with van der Waals surface area (Å²) in [6, 6.07) is 34.8. The van der Waals surface area contributed by atoms with Crippen LogP contribution in [0.1, 0.15) is 164 Å². The van der Waals surface area contributed by atoms with E-state index >= 15 is 0 Å². The van der Waals surface area contributed by atoms with E-state index in [1.807, 2.05) is 165 Å². The maximum absolute atomic E-state index is 12.6. The lowest BCUT2D eigenvalue weighted by Gasteiger charge is -2.03. The zero-order chi connectivity index (χ0) is 46.8. The number of hydrogen-bond acceptors (Lipinski definition) is 4. The van der Waals surface area contributed by atoms with Crippen molar-refractivity contribution in [2.45, 2.75) is 123 Å². The lowest BCUT2D eigenvalue weighted by Crippen LogP contribution is -2.00. The number of carbonyl (C=O) groups is 2. The van der Waals surface area contributed by atoms with Crippen molar-refractivity contribution in [3.63, 3.8) is 0 Å². The molecular formula is C54H72N4O4. The molecule has 0 radical (unpaired) electrons. The largest absolute Gasteiger partial charge is 0.494 e. The number of fused-ring (bicyclic) bond motifs is 2. The van der Waals surface area contributed by atoms with E-state index in [9.17, 15) is 19.8 Å². The molecule has 0 aliphatic carbocycles. The summed E-state index contributed by atoms with van der Waals surface area (Å²) in [5.41, 5.74) is 9.90. The van der Waals surface area contributed by atoms with Gasteiger partial charge in [0.25, 0.3) is 11.8 Å². The molecule has 0 saturated heterocycles. The molecule has 8 nitrogen and oxygen atoms in total. The fraction of sp³-hybridized carbons (Fsp3) is 0.333. The number of hydrogen-bond donors (Lipinski definition) is 4. The molecule has 0 saturated carbocycles. The fourth-order valence-electron chi connectivity index (χ4n) is 6.15. The van der Waals surface area contributed by atoms with E-state index in [2.05, 4.69) is 61.5 Å². The van der Waals surface area contributed by atoms with E-state index in [4.69, 9.17) is 0 Å². The molecule has 0 fully saturated rings. The van der Waals surface area contributed by atoms with Crippen molar-refractivity contribution in [3.8, 4) is 34.3 Å². The second-order valence-electron chi connectivity index (χ2n) is 13.0. The number of H-pyrrole nitrogens is 2. The Morgan fingerprint density at radius 3 is 1.00 bits per heavy atom. The van der Waals surface area contributed by atoms with Crippen LogP contribution in [0.4, 0.5) is 0 Å². The highest BCUT2D eigenvalue weighted by Crippen LogP contribution is 2.39. The van der Waals surface area contributed by atoms with Crippen molar-refractivity contribution < 1.29 is 19.8 Å². The van der Waals surface area contributed by atoms with Crippen molar-refractivity contribution in [3.05, 3.63) is 154 Å². The summed E-state index contributed by atoms with van der Waals surface area (Å²) in [5.74, 6) is -0.689. The molecule has 2 aliphatic heterocycles. The average molecular weight is 841 g/mol. The predicted octanol–water partition coefficient (Wildman–Crippen LogP) is 14.8. The second-order valence-corrected chi connectivity index (χ2v) is 13.0. The molecular weight excluding hydrogens is 769 g/mol. The lowest BCUT2D eigenvalue weighted by molar-refractivity contribution is 0.0998. The van der Waals surface area contributed by atoms with Crippen LogP contribution in [0.15, 0.2) is 119 Å². The third-order valence-electron chi connectivity index (χ3n) is 8.68. The van der Waals surface area contributed by atoms with Gasteiger partial charge >= 0.3 is 0 Å². The molecule has 6 aromatic rings. The van der Waals surface area contributed by atoms with Crippen LogP contribution >= 0.6 is 0 Å². The van der Waals surface area contributed by atoms with Gasteiger partial charge in [-0.3, -0.25) is 9.59 Å². The number of aromatic hydroxyl groups is 2. The Hall–Kier alpha value is -6.28. The van der Waals surface area contributed by atoms with Gasteiger partial charge in [-0.2, -0.15) is 0 Å². The summed E-state index contributed by atoms with van der Waals surface area (Å²) in [7, 11) is 0. The molecule has 4 N–H and O–H groups in total. The van der Waals surface area contributed by atoms with Gasteiger partial charge in [-0.1, -0.05) is 219 Å². The van der Waals surface area contributed by atoms with Gasteiger partial charge in [0.2, 0.25) is 0 Å². The number of nitrogens with one attached hydrogen (secondary N) is 2. The lowest BCUT2D eigenvalue weighted by atomic mass is 9.98. The zero-order valence-electron chi connectivity index (χ0n) is 39.8. The highest BCUT2D eigenvalue weighted by Gasteiger charge is 2.34. The Morgan fingerprint density at radius 2 is 0.677 bits per heavy atom. The molecule has 4 heterocycles. The number of aromatic amines is 2. The summed E-state index contributed by atoms with van der Waals surface area (Å²) in [6.07, 6.45) is 4.40. The van der Waals surface area contributed by atoms with Crippen molar-refractivity contribution in [1.29, 1.82) is 0 Å². The second kappa shape index (κ2) is 29.1. The number of amides is 2. The third kappa shape index (κ3) is 13.4. The SMILES string of the molecule is CC.CC.CC.CC.CCC.CCC.CCc1ccc(C2=NC(=O)c3c(-c4ccc(CC)cc4)[nH]c(O)c32)cc1.O=C1N=C(c2ccccc2)c2c(O)[nH]c(-c3ccccc3)c21. The zero-order valence-corrected chi connectivity index (χ0v) is 39.8. The predicted molar refractivity (Wildman–Crippen MR) is 265 cm³/mol. The van der Waals surface area contributed by atoms with Crippen LogP contribution < -0.4 is 0 Å². The maximum atomic E-state index is 12.6. The first-order valence-electron chi connectivity index (χ1n) is 22.7. The van der Waals surface area contributed by atoms with E-state index < -0.39 is 0 Å². The molecule has 332 valence electrons. The van der Waals surface area contributed by atoms with Crippen LogP contribution in [-0.4, -0.2) is 43.4 Å². The van der Waals surface area contributed by atoms with Crippen molar-refractivity contribution in [2.75, 3.05) is 0 Å². The van der Waals surface area contributed by atoms with Crippen LogP contribution in [0.3, 0.4) is 0 Å². The molecule has 0 unspecified atom stereocenters. The summed E-state index contributed by atoms with van der Waals surface area (Å²) >= 11 is 0. The Labute approximate surface area is 372 Å². The average Bonchev–Trinajstić information content (AvgIpc) is 4.08. The number of aliphatic imine (C=N–C) groups is 2. The highest BCUT2D eigenvalue weighted by molar-refractivity contribution is 6.31. The van der Waals surface area contributed by atoms with E-state index in [0.717, 1.165) is 35.1 Å². The van der Waals surface area contributed by atoms with Gasteiger partial charge < -0.3 is 20.2 Å². The van der Waals surface area contributed by atoms with Gasteiger partial charge in [-0.05, 0) is 35.1 Å². The Kier molecular flexibility index (Phi) is 25.2. The van der Waals surface area contributed by atoms with Gasteiger partial charge in [0, 0.05) is 11.1 Å². The Morgan fingerprint density at radius 1 is 0.403 bits per heavy atom. The first kappa shape index (κ1) is 53.7. The highest BCUT2D eigenvalue weighted by atomic mass is 16.3. The third-order valence-corrected chi connectivity index (χ3v) is 8.68. The minimum Gasteiger partial charge on any atom is -0.494 e. The molecule has 4 aromatic carbocycles. The number of benzene rings is 4. The van der Waals surface area contributed by atoms with Gasteiger partial charge in [0.05, 0.1) is 45.1 Å². The van der Waals surface area contributed by atoms with Gasteiger partial charge in [-0.25, -0.2) is 9.98 Å². The Bertz CT molecular complexity index is 2260. The molecule has 2 aliphatic rings. The number of nitrogens with zero attached hydrogens (tertiary/aromatic N) is 2. The van der Waals surface area contributed by atoms with Gasteiger partial charge in [0.1, 0.15) is 0 Å². The fourth-order valence-corrected chi connectivity index (χ4v) is 6.15. The van der Waals surface area contributed by atoms with Crippen molar-refractivity contribution in [1.82, 2.24) is 9.97 Å². The minimum absolute atomic E-state index is 0.0151. The molecule has 0 atom stereocenters. The number of aryl methyl sites for hydroxylation is 2. The van der Waals surface area contributed by atoms with Crippen LogP contribution in [-0.2, 0) is 12.8 Å². The van der Waals surface area contributed by atoms with Crippen LogP contribution in [0.25, 0.3) is 22.5 Å². The smallest absolute Gasteiger partial charge is 0.280 e. The summed E-state index contributed by atoms with van der Waals surface area (Å²) in [6.45, 7) is 28.7. The first-order valence-corrected chi connectivity index (χ1v) is 22.7. The summed E-state index contributed by atoms with van der Waals surface area (Å²) in [5, 5.41) is 20.8. The topological polar surface area (TPSA) is 131 Å². The number of carbonyl (C=O) groups excluding carboxylic acids is 2. The normalized spacial score (nSPS) is 11.1. The van der Waals surface area contributed by atoms with E-state index in [0.29, 0.717) is 45.1 Å². The molecule has 62 heavy (non-hydrogen) atoms. The summed E-state index contributed by atoms with van der Waals surface area (Å²) < 4.78 is 0. The molecule has 2 aromatic heterocycles. The van der Waals surface area contributed by atoms with Crippen LogP contribution in [0.2, 0.25) is 0 Å².